The number of hydrogen-bond donors (Lipinski definition) is 3. The van der Waals surface area contributed by atoms with Gasteiger partial charge in [0.15, 0.2) is 0 Å². The molecule has 7 heteroatoms. The number of nitrogens with zero attached hydrogens (tertiary/aromatic N) is 1. The summed E-state index contributed by atoms with van der Waals surface area (Å²) in [6, 6.07) is 24.1. The Kier molecular flexibility index (Phi) is 7.45. The Labute approximate surface area is 204 Å². The molecule has 0 radical (unpaired) electrons. The molecule has 3 aromatic rings. The van der Waals surface area contributed by atoms with Crippen LogP contribution in [-0.4, -0.2) is 34.5 Å². The van der Waals surface area contributed by atoms with Gasteiger partial charge in [-0.3, -0.25) is 9.59 Å². The molecule has 2 unspecified atom stereocenters. The van der Waals surface area contributed by atoms with E-state index in [1.54, 1.807) is 24.3 Å². The molecule has 7 nitrogen and oxygen atoms in total. The summed E-state index contributed by atoms with van der Waals surface area (Å²) in [6.07, 6.45) is 1.56. The highest BCUT2D eigenvalue weighted by atomic mass is 16.4. The highest BCUT2D eigenvalue weighted by Gasteiger charge is 2.38. The molecule has 0 saturated carbocycles. The summed E-state index contributed by atoms with van der Waals surface area (Å²) in [4.78, 5) is 38.8. The minimum atomic E-state index is -0.945. The summed E-state index contributed by atoms with van der Waals surface area (Å²) in [6.45, 7) is 1.91. The number of aryl methyl sites for hydroxylation is 1. The zero-order chi connectivity index (χ0) is 24.8. The monoisotopic (exact) mass is 471 g/mol. The lowest BCUT2D eigenvalue weighted by molar-refractivity contribution is -0.136. The highest BCUT2D eigenvalue weighted by Crippen LogP contribution is 2.44. The van der Waals surface area contributed by atoms with Crippen LogP contribution in [0.2, 0.25) is 0 Å². The van der Waals surface area contributed by atoms with Gasteiger partial charge in [0, 0.05) is 5.69 Å². The summed E-state index contributed by atoms with van der Waals surface area (Å²) in [5.74, 6) is -1.10. The van der Waals surface area contributed by atoms with E-state index in [4.69, 9.17) is 5.11 Å². The van der Waals surface area contributed by atoms with Crippen LogP contribution in [0.3, 0.4) is 0 Å². The van der Waals surface area contributed by atoms with Crippen LogP contribution in [0.1, 0.15) is 47.2 Å². The molecule has 2 atom stereocenters. The van der Waals surface area contributed by atoms with E-state index < -0.39 is 12.0 Å². The van der Waals surface area contributed by atoms with Crippen molar-refractivity contribution >= 4 is 23.6 Å². The molecule has 1 fully saturated rings. The molecule has 180 valence electrons. The first-order valence-electron chi connectivity index (χ1n) is 11.7. The summed E-state index contributed by atoms with van der Waals surface area (Å²) >= 11 is 0. The number of carbonyl (C=O) groups excluding carboxylic acids is 2. The fourth-order valence-electron chi connectivity index (χ4n) is 4.78. The Morgan fingerprint density at radius 3 is 2.37 bits per heavy atom. The average Bonchev–Trinajstić information content (AvgIpc) is 3.28. The summed E-state index contributed by atoms with van der Waals surface area (Å²) < 4.78 is 0. The number of hydrogen-bond acceptors (Lipinski definition) is 3. The maximum absolute atomic E-state index is 13.5. The smallest absolute Gasteiger partial charge is 0.319 e. The Morgan fingerprint density at radius 2 is 1.63 bits per heavy atom. The lowest BCUT2D eigenvalue weighted by Crippen LogP contribution is -2.42. The van der Waals surface area contributed by atoms with Crippen LogP contribution in [0.5, 0.6) is 0 Å². The molecule has 1 saturated heterocycles. The average molecular weight is 472 g/mol. The molecule has 3 amide bonds. The largest absolute Gasteiger partial charge is 0.481 e. The van der Waals surface area contributed by atoms with Crippen LogP contribution in [-0.2, 0) is 16.0 Å². The molecule has 35 heavy (non-hydrogen) atoms. The van der Waals surface area contributed by atoms with Crippen molar-refractivity contribution in [3.8, 4) is 0 Å². The third-order valence-corrected chi connectivity index (χ3v) is 6.35. The molecule has 0 aromatic heterocycles. The normalized spacial score (nSPS) is 17.1. The van der Waals surface area contributed by atoms with Gasteiger partial charge in [-0.15, -0.1) is 0 Å². The Hall–Kier alpha value is -4.13. The third kappa shape index (κ3) is 5.87. The summed E-state index contributed by atoms with van der Waals surface area (Å²) in [5.41, 5.74) is 4.39. The molecular weight excluding hydrogens is 442 g/mol. The molecule has 4 rings (SSSR count). The zero-order valence-electron chi connectivity index (χ0n) is 19.6. The first kappa shape index (κ1) is 24.0. The van der Waals surface area contributed by atoms with Gasteiger partial charge >= 0.3 is 12.0 Å². The van der Waals surface area contributed by atoms with E-state index in [1.807, 2.05) is 47.4 Å². The van der Waals surface area contributed by atoms with Crippen LogP contribution < -0.4 is 10.6 Å². The summed E-state index contributed by atoms with van der Waals surface area (Å²) in [7, 11) is 0. The standard InChI is InChI=1S/C28H29N3O4/c1-19-8-5-6-13-23(19)25-15-14-24(21-10-3-2-4-11-21)31(25)26(32)18-29-28(35)30-22-12-7-9-20(16-22)17-27(33)34/h2-13,16,24-25H,14-15,17-18H2,1H3,(H,33,34)(H2,29,30,35). The Bertz CT molecular complexity index is 1210. The minimum Gasteiger partial charge on any atom is -0.481 e. The number of aliphatic carboxylic acids is 1. The number of amides is 3. The number of likely N-dealkylation sites (tertiary alicyclic amines) is 1. The fraction of sp³-hybridized carbons (Fsp3) is 0.250. The van der Waals surface area contributed by atoms with Crippen LogP contribution in [0.15, 0.2) is 78.9 Å². The van der Waals surface area contributed by atoms with Crippen molar-refractivity contribution in [1.82, 2.24) is 10.2 Å². The molecule has 0 bridgehead atoms. The predicted molar refractivity (Wildman–Crippen MR) is 134 cm³/mol. The van der Waals surface area contributed by atoms with Crippen molar-refractivity contribution < 1.29 is 19.5 Å². The lowest BCUT2D eigenvalue weighted by atomic mass is 9.99. The lowest BCUT2D eigenvalue weighted by Gasteiger charge is -2.32. The zero-order valence-corrected chi connectivity index (χ0v) is 19.6. The number of nitrogens with one attached hydrogen (secondary N) is 2. The SMILES string of the molecule is Cc1ccccc1C1CCC(c2ccccc2)N1C(=O)CNC(=O)Nc1cccc(CC(=O)O)c1. The van der Waals surface area contributed by atoms with Crippen LogP contribution in [0.25, 0.3) is 0 Å². The first-order chi connectivity index (χ1) is 16.9. The van der Waals surface area contributed by atoms with Gasteiger partial charge in [0.1, 0.15) is 0 Å². The number of urea groups is 1. The van der Waals surface area contributed by atoms with Crippen molar-refractivity contribution in [2.75, 3.05) is 11.9 Å². The topological polar surface area (TPSA) is 98.7 Å². The van der Waals surface area contributed by atoms with Gasteiger partial charge in [0.25, 0.3) is 0 Å². The van der Waals surface area contributed by atoms with Gasteiger partial charge in [0.2, 0.25) is 5.91 Å². The molecule has 1 heterocycles. The van der Waals surface area contributed by atoms with Gasteiger partial charge in [-0.2, -0.15) is 0 Å². The van der Waals surface area contributed by atoms with Gasteiger partial charge in [0.05, 0.1) is 25.0 Å². The maximum Gasteiger partial charge on any atom is 0.319 e. The first-order valence-corrected chi connectivity index (χ1v) is 11.7. The van der Waals surface area contributed by atoms with Crippen molar-refractivity contribution in [1.29, 1.82) is 0 Å². The number of benzene rings is 3. The maximum atomic E-state index is 13.5. The third-order valence-electron chi connectivity index (χ3n) is 6.35. The van der Waals surface area contributed by atoms with Crippen molar-refractivity contribution in [3.63, 3.8) is 0 Å². The van der Waals surface area contributed by atoms with E-state index in [0.717, 1.165) is 29.5 Å². The second kappa shape index (κ2) is 10.9. The van der Waals surface area contributed by atoms with E-state index in [0.29, 0.717) is 11.3 Å². The van der Waals surface area contributed by atoms with Crippen molar-refractivity contribution in [3.05, 3.63) is 101 Å². The van der Waals surface area contributed by atoms with Crippen molar-refractivity contribution in [2.24, 2.45) is 0 Å². The van der Waals surface area contributed by atoms with Gasteiger partial charge < -0.3 is 20.6 Å². The second-order valence-electron chi connectivity index (χ2n) is 8.76. The van der Waals surface area contributed by atoms with E-state index in [9.17, 15) is 14.4 Å². The number of carboxylic acid groups (broad SMARTS) is 1. The molecular formula is C28H29N3O4. The van der Waals surface area contributed by atoms with Crippen molar-refractivity contribution in [2.45, 2.75) is 38.3 Å². The van der Waals surface area contributed by atoms with Crippen LogP contribution in [0, 0.1) is 6.92 Å². The number of carbonyl (C=O) groups is 3. The van der Waals surface area contributed by atoms with Gasteiger partial charge in [-0.05, 0) is 54.2 Å². The molecule has 1 aliphatic rings. The van der Waals surface area contributed by atoms with E-state index in [1.165, 1.54) is 0 Å². The molecule has 3 aromatic carbocycles. The molecule has 0 aliphatic carbocycles. The molecule has 0 spiro atoms. The number of carboxylic acids is 1. The Morgan fingerprint density at radius 1 is 0.914 bits per heavy atom. The van der Waals surface area contributed by atoms with Crippen LogP contribution >= 0.6 is 0 Å². The van der Waals surface area contributed by atoms with E-state index >= 15 is 0 Å². The second-order valence-corrected chi connectivity index (χ2v) is 8.76. The highest BCUT2D eigenvalue weighted by molar-refractivity contribution is 5.92. The minimum absolute atomic E-state index is 0.0635. The molecule has 1 aliphatic heterocycles. The van der Waals surface area contributed by atoms with Gasteiger partial charge in [-0.1, -0.05) is 66.7 Å². The van der Waals surface area contributed by atoms with E-state index in [2.05, 4.69) is 29.7 Å². The quantitative estimate of drug-likeness (QED) is 0.459. The molecule has 3 N–H and O–H groups in total. The van der Waals surface area contributed by atoms with E-state index in [-0.39, 0.29) is 31.0 Å². The van der Waals surface area contributed by atoms with Gasteiger partial charge in [-0.25, -0.2) is 4.79 Å². The number of anilines is 1. The fourth-order valence-corrected chi connectivity index (χ4v) is 4.78. The predicted octanol–water partition coefficient (Wildman–Crippen LogP) is 4.85. The number of rotatable bonds is 7. The summed E-state index contributed by atoms with van der Waals surface area (Å²) in [5, 5.41) is 14.3. The van der Waals surface area contributed by atoms with Crippen LogP contribution in [0.4, 0.5) is 10.5 Å². The Balaban J connectivity index is 1.47.